The Morgan fingerprint density at radius 2 is 1.88 bits per heavy atom. The lowest BCUT2D eigenvalue weighted by molar-refractivity contribution is 0.799. The highest BCUT2D eigenvalue weighted by Crippen LogP contribution is 2.40. The minimum absolute atomic E-state index is 0.451. The van der Waals surface area contributed by atoms with Crippen LogP contribution in [0.25, 0.3) is 10.2 Å². The molecule has 1 heterocycles. The zero-order valence-electron chi connectivity index (χ0n) is 10.5. The van der Waals surface area contributed by atoms with Crippen molar-refractivity contribution in [3.05, 3.63) is 22.2 Å². The molecule has 0 saturated carbocycles. The van der Waals surface area contributed by atoms with Gasteiger partial charge in [-0.05, 0) is 29.0 Å². The van der Waals surface area contributed by atoms with Gasteiger partial charge in [-0.2, -0.15) is 0 Å². The van der Waals surface area contributed by atoms with Crippen molar-refractivity contribution in [2.75, 3.05) is 5.73 Å². The standard InChI is InChI=1S/C13H17ClN2S/c1-6(2)8-5-9(14)11-12(10(8)7(3)4)17-13(15)16-11/h5-7H,1-4H3,(H2,15,16). The summed E-state index contributed by atoms with van der Waals surface area (Å²) < 4.78 is 1.15. The van der Waals surface area contributed by atoms with E-state index in [1.807, 2.05) is 6.07 Å². The minimum Gasteiger partial charge on any atom is -0.375 e. The molecule has 2 aromatic rings. The maximum atomic E-state index is 6.28. The summed E-state index contributed by atoms with van der Waals surface area (Å²) in [6, 6.07) is 2.04. The van der Waals surface area contributed by atoms with Gasteiger partial charge in [0, 0.05) is 0 Å². The van der Waals surface area contributed by atoms with Crippen molar-refractivity contribution >= 4 is 38.3 Å². The number of nitrogens with two attached hydrogens (primary N) is 1. The third kappa shape index (κ3) is 2.14. The van der Waals surface area contributed by atoms with Gasteiger partial charge < -0.3 is 5.73 Å². The molecule has 0 bridgehead atoms. The fourth-order valence-electron chi connectivity index (χ4n) is 2.17. The van der Waals surface area contributed by atoms with E-state index in [1.54, 1.807) is 0 Å². The van der Waals surface area contributed by atoms with Crippen molar-refractivity contribution in [1.82, 2.24) is 4.98 Å². The molecule has 0 aliphatic carbocycles. The normalized spacial score (nSPS) is 11.9. The van der Waals surface area contributed by atoms with Gasteiger partial charge in [0.05, 0.1) is 9.72 Å². The zero-order chi connectivity index (χ0) is 12.7. The Balaban J connectivity index is 2.87. The van der Waals surface area contributed by atoms with E-state index in [-0.39, 0.29) is 0 Å². The van der Waals surface area contributed by atoms with Crippen molar-refractivity contribution in [2.24, 2.45) is 0 Å². The minimum atomic E-state index is 0.451. The Morgan fingerprint density at radius 3 is 2.41 bits per heavy atom. The van der Waals surface area contributed by atoms with Gasteiger partial charge in [0.1, 0.15) is 5.52 Å². The monoisotopic (exact) mass is 268 g/mol. The number of aromatic nitrogens is 1. The van der Waals surface area contributed by atoms with E-state index >= 15 is 0 Å². The third-order valence-corrected chi connectivity index (χ3v) is 4.11. The molecule has 1 aromatic heterocycles. The van der Waals surface area contributed by atoms with Gasteiger partial charge in [0.2, 0.25) is 0 Å². The van der Waals surface area contributed by atoms with Crippen molar-refractivity contribution < 1.29 is 0 Å². The molecule has 0 saturated heterocycles. The topological polar surface area (TPSA) is 38.9 Å². The first-order valence-corrected chi connectivity index (χ1v) is 6.99. The summed E-state index contributed by atoms with van der Waals surface area (Å²) >= 11 is 7.82. The van der Waals surface area contributed by atoms with Crippen LogP contribution < -0.4 is 5.73 Å². The van der Waals surface area contributed by atoms with Crippen LogP contribution in [0.2, 0.25) is 5.02 Å². The number of halogens is 1. The van der Waals surface area contributed by atoms with Crippen LogP contribution in [0.5, 0.6) is 0 Å². The Morgan fingerprint density at radius 1 is 1.24 bits per heavy atom. The second-order valence-electron chi connectivity index (χ2n) is 4.90. The molecule has 2 N–H and O–H groups in total. The first-order valence-electron chi connectivity index (χ1n) is 5.80. The Labute approximate surface area is 111 Å². The molecule has 4 heteroatoms. The smallest absolute Gasteiger partial charge is 0.181 e. The molecule has 92 valence electrons. The van der Waals surface area contributed by atoms with Crippen molar-refractivity contribution in [3.63, 3.8) is 0 Å². The van der Waals surface area contributed by atoms with Crippen LogP contribution in [0.1, 0.15) is 50.7 Å². The molecule has 0 fully saturated rings. The molecule has 0 aliphatic rings. The fraction of sp³-hybridized carbons (Fsp3) is 0.462. The van der Waals surface area contributed by atoms with E-state index in [9.17, 15) is 0 Å². The maximum absolute atomic E-state index is 6.28. The third-order valence-electron chi connectivity index (χ3n) is 2.91. The maximum Gasteiger partial charge on any atom is 0.181 e. The number of rotatable bonds is 2. The summed E-state index contributed by atoms with van der Waals surface area (Å²) in [6.07, 6.45) is 0. The molecule has 1 aromatic carbocycles. The van der Waals surface area contributed by atoms with E-state index in [4.69, 9.17) is 17.3 Å². The van der Waals surface area contributed by atoms with Crippen molar-refractivity contribution in [3.8, 4) is 0 Å². The van der Waals surface area contributed by atoms with Crippen molar-refractivity contribution in [2.45, 2.75) is 39.5 Å². The highest BCUT2D eigenvalue weighted by Gasteiger charge is 2.19. The molecule has 2 rings (SSSR count). The van der Waals surface area contributed by atoms with Crippen LogP contribution in [0.3, 0.4) is 0 Å². The Kier molecular flexibility index (Phi) is 3.32. The van der Waals surface area contributed by atoms with E-state index in [0.29, 0.717) is 22.0 Å². The summed E-state index contributed by atoms with van der Waals surface area (Å²) in [6.45, 7) is 8.77. The summed E-state index contributed by atoms with van der Waals surface area (Å²) in [4.78, 5) is 4.32. The number of fused-ring (bicyclic) bond motifs is 1. The molecular weight excluding hydrogens is 252 g/mol. The first kappa shape index (κ1) is 12.7. The van der Waals surface area contributed by atoms with Crippen LogP contribution in [-0.2, 0) is 0 Å². The van der Waals surface area contributed by atoms with Crippen LogP contribution in [-0.4, -0.2) is 4.98 Å². The molecule has 0 spiro atoms. The second kappa shape index (κ2) is 4.46. The number of nitrogens with zero attached hydrogens (tertiary/aromatic N) is 1. The predicted octanol–water partition coefficient (Wildman–Crippen LogP) is 4.78. The molecule has 0 unspecified atom stereocenters. The second-order valence-corrected chi connectivity index (χ2v) is 6.34. The van der Waals surface area contributed by atoms with Crippen LogP contribution in [0, 0.1) is 0 Å². The molecule has 17 heavy (non-hydrogen) atoms. The summed E-state index contributed by atoms with van der Waals surface area (Å²) in [7, 11) is 0. The largest absolute Gasteiger partial charge is 0.375 e. The van der Waals surface area contributed by atoms with Gasteiger partial charge in [0.25, 0.3) is 0 Å². The molecule has 0 radical (unpaired) electrons. The number of nitrogen functional groups attached to an aromatic ring is 1. The Bertz CT molecular complexity index is 558. The summed E-state index contributed by atoms with van der Waals surface area (Å²) in [5.41, 5.74) is 9.30. The van der Waals surface area contributed by atoms with Gasteiger partial charge in [-0.1, -0.05) is 50.6 Å². The first-order chi connectivity index (χ1) is 7.91. The van der Waals surface area contributed by atoms with Gasteiger partial charge in [0.15, 0.2) is 5.13 Å². The predicted molar refractivity (Wildman–Crippen MR) is 77.2 cm³/mol. The SMILES string of the molecule is CC(C)c1cc(Cl)c2nc(N)sc2c1C(C)C. The molecule has 2 nitrogen and oxygen atoms in total. The average molecular weight is 269 g/mol. The highest BCUT2D eigenvalue weighted by atomic mass is 35.5. The number of benzene rings is 1. The van der Waals surface area contributed by atoms with E-state index < -0.39 is 0 Å². The van der Waals surface area contributed by atoms with Gasteiger partial charge in [-0.3, -0.25) is 0 Å². The van der Waals surface area contributed by atoms with Gasteiger partial charge in [-0.25, -0.2) is 4.98 Å². The van der Waals surface area contributed by atoms with Crippen LogP contribution in [0.15, 0.2) is 6.07 Å². The van der Waals surface area contributed by atoms with Crippen molar-refractivity contribution in [1.29, 1.82) is 0 Å². The quantitative estimate of drug-likeness (QED) is 0.851. The highest BCUT2D eigenvalue weighted by molar-refractivity contribution is 7.22. The fourth-order valence-corrected chi connectivity index (χ4v) is 3.54. The average Bonchev–Trinajstić information content (AvgIpc) is 2.58. The van der Waals surface area contributed by atoms with Gasteiger partial charge >= 0.3 is 0 Å². The summed E-state index contributed by atoms with van der Waals surface area (Å²) in [5, 5.41) is 1.30. The number of hydrogen-bond donors (Lipinski definition) is 1. The van der Waals surface area contributed by atoms with E-state index in [2.05, 4.69) is 32.7 Å². The molecular formula is C13H17ClN2S. The lowest BCUT2D eigenvalue weighted by Gasteiger charge is -2.17. The number of anilines is 1. The lowest BCUT2D eigenvalue weighted by atomic mass is 9.90. The number of thiazole rings is 1. The Hall–Kier alpha value is -0.800. The lowest BCUT2D eigenvalue weighted by Crippen LogP contribution is -1.99. The van der Waals surface area contributed by atoms with E-state index in [1.165, 1.54) is 22.5 Å². The van der Waals surface area contributed by atoms with Crippen LogP contribution in [0.4, 0.5) is 5.13 Å². The molecule has 0 amide bonds. The van der Waals surface area contributed by atoms with E-state index in [0.717, 1.165) is 10.2 Å². The zero-order valence-corrected chi connectivity index (χ0v) is 12.1. The molecule has 0 aliphatic heterocycles. The van der Waals surface area contributed by atoms with Gasteiger partial charge in [-0.15, -0.1) is 0 Å². The summed E-state index contributed by atoms with van der Waals surface area (Å²) in [5.74, 6) is 0.907. The number of hydrogen-bond acceptors (Lipinski definition) is 3. The molecule has 0 atom stereocenters. The van der Waals surface area contributed by atoms with Crippen LogP contribution >= 0.6 is 22.9 Å².